The highest BCUT2D eigenvalue weighted by Crippen LogP contribution is 2.16. The highest BCUT2D eigenvalue weighted by atomic mass is 16.5. The molecule has 0 amide bonds. The topological polar surface area (TPSA) is 61.7 Å². The van der Waals surface area contributed by atoms with Crippen molar-refractivity contribution in [3.63, 3.8) is 0 Å². The van der Waals surface area contributed by atoms with Crippen molar-refractivity contribution in [1.82, 2.24) is 0 Å². The van der Waals surface area contributed by atoms with Crippen LogP contribution in [-0.2, 0) is 0 Å². The van der Waals surface area contributed by atoms with Gasteiger partial charge in [-0.1, -0.05) is 12.0 Å². The Morgan fingerprint density at radius 3 is 3.00 bits per heavy atom. The Morgan fingerprint density at radius 1 is 1.50 bits per heavy atom. The number of hydrogen-bond acceptors (Lipinski definition) is 4. The number of ether oxygens (including phenoxy) is 1. The van der Waals surface area contributed by atoms with Crippen LogP contribution in [-0.4, -0.2) is 36.1 Å². The van der Waals surface area contributed by atoms with Crippen LogP contribution in [0.5, 0.6) is 5.75 Å². The van der Waals surface area contributed by atoms with Gasteiger partial charge in [-0.3, -0.25) is 0 Å². The zero-order valence-electron chi connectivity index (χ0n) is 8.89. The quantitative estimate of drug-likeness (QED) is 0.611. The van der Waals surface area contributed by atoms with E-state index < -0.39 is 6.10 Å². The predicted octanol–water partition coefficient (Wildman–Crippen LogP) is 0.464. The lowest BCUT2D eigenvalue weighted by molar-refractivity contribution is 0.105. The summed E-state index contributed by atoms with van der Waals surface area (Å²) in [5, 5.41) is 20.8. The van der Waals surface area contributed by atoms with Gasteiger partial charge in [-0.25, -0.2) is 0 Å². The fourth-order valence-corrected chi connectivity index (χ4v) is 1.12. The molecule has 1 aromatic rings. The Labute approximate surface area is 94.9 Å². The maximum atomic E-state index is 9.16. The van der Waals surface area contributed by atoms with Crippen LogP contribution in [0, 0.1) is 12.3 Å². The summed E-state index contributed by atoms with van der Waals surface area (Å²) in [4.78, 5) is 0. The monoisotopic (exact) mass is 221 g/mol. The number of anilines is 1. The van der Waals surface area contributed by atoms with E-state index in [1.165, 1.54) is 0 Å². The Kier molecular flexibility index (Phi) is 5.20. The average Bonchev–Trinajstić information content (AvgIpc) is 2.34. The second kappa shape index (κ2) is 6.72. The third kappa shape index (κ3) is 4.22. The van der Waals surface area contributed by atoms with Gasteiger partial charge in [0, 0.05) is 18.3 Å². The molecule has 0 bridgehead atoms. The molecule has 1 atom stereocenters. The highest BCUT2D eigenvalue weighted by Gasteiger charge is 2.01. The van der Waals surface area contributed by atoms with E-state index in [9.17, 15) is 0 Å². The lowest BCUT2D eigenvalue weighted by atomic mass is 10.3. The van der Waals surface area contributed by atoms with Crippen LogP contribution >= 0.6 is 0 Å². The van der Waals surface area contributed by atoms with Gasteiger partial charge >= 0.3 is 0 Å². The molecule has 0 aliphatic heterocycles. The molecule has 0 spiro atoms. The van der Waals surface area contributed by atoms with Crippen LogP contribution in [0.3, 0.4) is 0 Å². The molecule has 4 nitrogen and oxygen atoms in total. The van der Waals surface area contributed by atoms with Gasteiger partial charge in [0.15, 0.2) is 0 Å². The van der Waals surface area contributed by atoms with E-state index in [1.54, 1.807) is 12.1 Å². The van der Waals surface area contributed by atoms with Crippen LogP contribution in [0.15, 0.2) is 24.3 Å². The molecule has 3 N–H and O–H groups in total. The number of terminal acetylenes is 1. The summed E-state index contributed by atoms with van der Waals surface area (Å²) in [6.07, 6.45) is 4.31. The van der Waals surface area contributed by atoms with E-state index in [0.717, 1.165) is 5.69 Å². The Hall–Kier alpha value is -1.70. The van der Waals surface area contributed by atoms with E-state index in [4.69, 9.17) is 21.4 Å². The van der Waals surface area contributed by atoms with Gasteiger partial charge in [0.1, 0.15) is 12.4 Å². The van der Waals surface area contributed by atoms with Crippen molar-refractivity contribution in [1.29, 1.82) is 0 Å². The number of aliphatic hydroxyl groups excluding tert-OH is 2. The second-order valence-electron chi connectivity index (χ2n) is 3.24. The molecular formula is C12H15NO3. The number of benzene rings is 1. The lowest BCUT2D eigenvalue weighted by Gasteiger charge is -2.11. The SMILES string of the molecule is C#CCOc1cccc(NCC(O)CO)c1. The molecule has 0 radical (unpaired) electrons. The van der Waals surface area contributed by atoms with Crippen LogP contribution in [0.4, 0.5) is 5.69 Å². The van der Waals surface area contributed by atoms with Gasteiger partial charge in [0.05, 0.1) is 12.7 Å². The van der Waals surface area contributed by atoms with Gasteiger partial charge in [0.25, 0.3) is 0 Å². The first-order valence-corrected chi connectivity index (χ1v) is 4.95. The van der Waals surface area contributed by atoms with Crippen LogP contribution in [0.1, 0.15) is 0 Å². The van der Waals surface area contributed by atoms with E-state index >= 15 is 0 Å². The smallest absolute Gasteiger partial charge is 0.148 e. The standard InChI is InChI=1S/C12H15NO3/c1-2-6-16-12-5-3-4-10(7-12)13-8-11(15)9-14/h1,3-5,7,11,13-15H,6,8-9H2. The highest BCUT2D eigenvalue weighted by molar-refractivity contribution is 5.48. The summed E-state index contributed by atoms with van der Waals surface area (Å²) in [7, 11) is 0. The molecule has 0 aromatic heterocycles. The summed E-state index contributed by atoms with van der Waals surface area (Å²) in [5.41, 5.74) is 0.807. The van der Waals surface area contributed by atoms with Gasteiger partial charge in [-0.05, 0) is 12.1 Å². The Morgan fingerprint density at radius 2 is 2.31 bits per heavy atom. The first-order chi connectivity index (χ1) is 7.76. The van der Waals surface area contributed by atoms with Crippen molar-refractivity contribution >= 4 is 5.69 Å². The molecule has 0 saturated heterocycles. The Bertz CT molecular complexity index is 360. The summed E-state index contributed by atoms with van der Waals surface area (Å²) in [6, 6.07) is 7.23. The van der Waals surface area contributed by atoms with Crippen LogP contribution in [0.2, 0.25) is 0 Å². The van der Waals surface area contributed by atoms with Crippen molar-refractivity contribution in [3.8, 4) is 18.1 Å². The largest absolute Gasteiger partial charge is 0.481 e. The summed E-state index contributed by atoms with van der Waals surface area (Å²) < 4.78 is 5.24. The lowest BCUT2D eigenvalue weighted by Crippen LogP contribution is -2.22. The minimum atomic E-state index is -0.768. The van der Waals surface area contributed by atoms with E-state index in [2.05, 4.69) is 11.2 Å². The number of rotatable bonds is 6. The molecule has 0 saturated carbocycles. The summed E-state index contributed by atoms with van der Waals surface area (Å²) >= 11 is 0. The molecule has 1 aromatic carbocycles. The maximum absolute atomic E-state index is 9.16. The van der Waals surface area contributed by atoms with E-state index in [-0.39, 0.29) is 19.8 Å². The molecule has 0 fully saturated rings. The third-order valence-electron chi connectivity index (χ3n) is 1.91. The van der Waals surface area contributed by atoms with Gasteiger partial charge in [-0.2, -0.15) is 0 Å². The minimum Gasteiger partial charge on any atom is -0.481 e. The molecule has 86 valence electrons. The molecule has 0 aliphatic rings. The first-order valence-electron chi connectivity index (χ1n) is 4.95. The molecule has 1 unspecified atom stereocenters. The average molecular weight is 221 g/mol. The number of nitrogens with one attached hydrogen (secondary N) is 1. The fourth-order valence-electron chi connectivity index (χ4n) is 1.12. The number of hydrogen-bond donors (Lipinski definition) is 3. The minimum absolute atomic E-state index is 0.225. The normalized spacial score (nSPS) is 11.6. The van der Waals surface area contributed by atoms with E-state index in [1.807, 2.05) is 12.1 Å². The van der Waals surface area contributed by atoms with Gasteiger partial charge < -0.3 is 20.3 Å². The van der Waals surface area contributed by atoms with Crippen molar-refractivity contribution < 1.29 is 14.9 Å². The second-order valence-corrected chi connectivity index (χ2v) is 3.24. The predicted molar refractivity (Wildman–Crippen MR) is 62.4 cm³/mol. The number of aliphatic hydroxyl groups is 2. The molecular weight excluding hydrogens is 206 g/mol. The zero-order chi connectivity index (χ0) is 11.8. The summed E-state index contributed by atoms with van der Waals surface area (Å²) in [6.45, 7) is 0.248. The summed E-state index contributed by atoms with van der Waals surface area (Å²) in [5.74, 6) is 3.05. The van der Waals surface area contributed by atoms with Crippen LogP contribution < -0.4 is 10.1 Å². The van der Waals surface area contributed by atoms with Crippen molar-refractivity contribution in [3.05, 3.63) is 24.3 Å². The molecule has 0 heterocycles. The van der Waals surface area contributed by atoms with Crippen molar-refractivity contribution in [2.45, 2.75) is 6.10 Å². The van der Waals surface area contributed by atoms with Crippen molar-refractivity contribution in [2.24, 2.45) is 0 Å². The molecule has 16 heavy (non-hydrogen) atoms. The van der Waals surface area contributed by atoms with Crippen LogP contribution in [0.25, 0.3) is 0 Å². The zero-order valence-corrected chi connectivity index (χ0v) is 8.89. The molecule has 1 rings (SSSR count). The van der Waals surface area contributed by atoms with Crippen molar-refractivity contribution in [2.75, 3.05) is 25.1 Å². The van der Waals surface area contributed by atoms with E-state index in [0.29, 0.717) is 5.75 Å². The molecule has 0 aliphatic carbocycles. The maximum Gasteiger partial charge on any atom is 0.148 e. The first kappa shape index (κ1) is 12.4. The Balaban J connectivity index is 2.50. The fraction of sp³-hybridized carbons (Fsp3) is 0.333. The van der Waals surface area contributed by atoms with Gasteiger partial charge in [-0.15, -0.1) is 6.42 Å². The molecule has 4 heteroatoms. The third-order valence-corrected chi connectivity index (χ3v) is 1.91. The van der Waals surface area contributed by atoms with Gasteiger partial charge in [0.2, 0.25) is 0 Å².